The Balaban J connectivity index is 3.30. The molecule has 0 fully saturated rings. The summed E-state index contributed by atoms with van der Waals surface area (Å²) in [4.78, 5) is 15.5. The Hall–Kier alpha value is -1.15. The lowest BCUT2D eigenvalue weighted by molar-refractivity contribution is 0.0535. The molecule has 0 saturated heterocycles. The number of ketones is 1. The molecular formula is C18H29NO. The van der Waals surface area contributed by atoms with E-state index >= 15 is 0 Å². The molecule has 112 valence electrons. The molecule has 0 aliphatic heterocycles. The molecule has 0 amide bonds. The van der Waals surface area contributed by atoms with Crippen molar-refractivity contribution < 1.29 is 4.79 Å². The van der Waals surface area contributed by atoms with Gasteiger partial charge in [0.2, 0.25) is 0 Å². The maximum Gasteiger partial charge on any atom is 0.183 e. The molecule has 0 bridgehead atoms. The first-order chi connectivity index (χ1) is 9.44. The quantitative estimate of drug-likeness (QED) is 0.688. The summed E-state index contributed by atoms with van der Waals surface area (Å²) in [5.41, 5.74) is 2.82. The van der Waals surface area contributed by atoms with Crippen LogP contribution in [-0.4, -0.2) is 29.3 Å². The summed E-state index contributed by atoms with van der Waals surface area (Å²) >= 11 is 0. The van der Waals surface area contributed by atoms with E-state index in [-0.39, 0.29) is 11.3 Å². The van der Waals surface area contributed by atoms with Crippen molar-refractivity contribution >= 4 is 5.78 Å². The number of hydrogen-bond donors (Lipinski definition) is 0. The van der Waals surface area contributed by atoms with Crippen LogP contribution >= 0.6 is 0 Å². The van der Waals surface area contributed by atoms with E-state index in [1.807, 2.05) is 12.1 Å². The van der Waals surface area contributed by atoms with Gasteiger partial charge in [-0.15, -0.1) is 0 Å². The third-order valence-electron chi connectivity index (χ3n) is 4.45. The zero-order chi connectivity index (χ0) is 15.3. The fourth-order valence-corrected chi connectivity index (χ4v) is 3.37. The lowest BCUT2D eigenvalue weighted by Gasteiger charge is -2.41. The molecule has 1 aromatic carbocycles. The average molecular weight is 275 g/mol. The van der Waals surface area contributed by atoms with Crippen molar-refractivity contribution in [2.24, 2.45) is 0 Å². The van der Waals surface area contributed by atoms with Crippen molar-refractivity contribution in [3.05, 3.63) is 34.9 Å². The highest BCUT2D eigenvalue weighted by Gasteiger charge is 2.39. The molecule has 2 nitrogen and oxygen atoms in total. The monoisotopic (exact) mass is 275 g/mol. The fraction of sp³-hybridized carbons (Fsp3) is 0.611. The number of carbonyl (C=O) groups excluding carboxylic acids is 1. The summed E-state index contributed by atoms with van der Waals surface area (Å²) in [5.74, 6) is 0.276. The van der Waals surface area contributed by atoms with E-state index in [2.05, 4.69) is 52.5 Å². The average Bonchev–Trinajstić information content (AvgIpc) is 2.43. The minimum absolute atomic E-state index is 0.276. The molecule has 0 radical (unpaired) electrons. The molecule has 2 heteroatoms. The van der Waals surface area contributed by atoms with Crippen molar-refractivity contribution in [2.45, 2.75) is 59.9 Å². The van der Waals surface area contributed by atoms with Crippen molar-refractivity contribution in [1.29, 1.82) is 0 Å². The molecule has 0 atom stereocenters. The molecule has 0 N–H and O–H groups in total. The normalized spacial score (nSPS) is 11.9. The number of likely N-dealkylation sites (N-methyl/N-ethyl adjacent to an activating group) is 1. The minimum atomic E-state index is -0.357. The van der Waals surface area contributed by atoms with Crippen LogP contribution in [0.2, 0.25) is 0 Å². The molecule has 0 aliphatic carbocycles. The Bertz CT molecular complexity index is 436. The second-order valence-electron chi connectivity index (χ2n) is 5.62. The molecule has 20 heavy (non-hydrogen) atoms. The maximum absolute atomic E-state index is 13.2. The number of nitrogens with zero attached hydrogens (tertiary/aromatic N) is 1. The number of benzene rings is 1. The Morgan fingerprint density at radius 1 is 0.950 bits per heavy atom. The van der Waals surface area contributed by atoms with E-state index in [0.717, 1.165) is 42.6 Å². The number of aryl methyl sites for hydroxylation is 2. The van der Waals surface area contributed by atoms with E-state index in [9.17, 15) is 4.79 Å². The van der Waals surface area contributed by atoms with Gasteiger partial charge in [-0.1, -0.05) is 44.9 Å². The summed E-state index contributed by atoms with van der Waals surface area (Å²) in [5, 5.41) is 0. The van der Waals surface area contributed by atoms with E-state index in [1.165, 1.54) is 0 Å². The fourth-order valence-electron chi connectivity index (χ4n) is 3.37. The zero-order valence-corrected chi connectivity index (χ0v) is 13.9. The van der Waals surface area contributed by atoms with Gasteiger partial charge in [0.15, 0.2) is 5.78 Å². The van der Waals surface area contributed by atoms with E-state index in [1.54, 1.807) is 0 Å². The van der Waals surface area contributed by atoms with Crippen molar-refractivity contribution in [3.8, 4) is 0 Å². The van der Waals surface area contributed by atoms with Gasteiger partial charge < -0.3 is 0 Å². The van der Waals surface area contributed by atoms with Gasteiger partial charge in [-0.2, -0.15) is 0 Å². The van der Waals surface area contributed by atoms with Crippen LogP contribution in [0.5, 0.6) is 0 Å². The van der Waals surface area contributed by atoms with E-state index < -0.39 is 0 Å². The largest absolute Gasteiger partial charge is 0.292 e. The molecule has 1 aromatic rings. The molecule has 0 heterocycles. The highest BCUT2D eigenvalue weighted by Crippen LogP contribution is 2.29. The molecule has 0 unspecified atom stereocenters. The second kappa shape index (κ2) is 7.03. The Morgan fingerprint density at radius 2 is 1.40 bits per heavy atom. The van der Waals surface area contributed by atoms with Crippen molar-refractivity contribution in [3.63, 3.8) is 0 Å². The van der Waals surface area contributed by atoms with Gasteiger partial charge in [0, 0.05) is 5.56 Å². The van der Waals surface area contributed by atoms with Gasteiger partial charge in [-0.05, 0) is 51.9 Å². The number of carbonyl (C=O) groups is 1. The second-order valence-corrected chi connectivity index (χ2v) is 5.62. The molecule has 1 rings (SSSR count). The van der Waals surface area contributed by atoms with Gasteiger partial charge in [-0.3, -0.25) is 9.69 Å². The van der Waals surface area contributed by atoms with Crippen LogP contribution < -0.4 is 0 Å². The SMILES string of the molecule is CCN(CC)C(CC)(CC)C(=O)c1cc(C)cc(C)c1. The van der Waals surface area contributed by atoms with Gasteiger partial charge in [-0.25, -0.2) is 0 Å². The van der Waals surface area contributed by atoms with Crippen LogP contribution in [0.3, 0.4) is 0 Å². The third kappa shape index (κ3) is 3.12. The van der Waals surface area contributed by atoms with Crippen LogP contribution in [0.15, 0.2) is 18.2 Å². The third-order valence-corrected chi connectivity index (χ3v) is 4.45. The van der Waals surface area contributed by atoms with Gasteiger partial charge in [0.05, 0.1) is 5.54 Å². The topological polar surface area (TPSA) is 20.3 Å². The highest BCUT2D eigenvalue weighted by atomic mass is 16.1. The standard InChI is InChI=1S/C18H29NO/c1-7-18(8-2,19(9-3)10-4)17(20)16-12-14(5)11-15(6)13-16/h11-13H,7-10H2,1-6H3. The Morgan fingerprint density at radius 3 is 1.75 bits per heavy atom. The highest BCUT2D eigenvalue weighted by molar-refractivity contribution is 6.03. The number of rotatable bonds is 7. The van der Waals surface area contributed by atoms with Crippen molar-refractivity contribution in [1.82, 2.24) is 4.90 Å². The van der Waals surface area contributed by atoms with Crippen LogP contribution in [-0.2, 0) is 0 Å². The van der Waals surface area contributed by atoms with Crippen LogP contribution in [0, 0.1) is 13.8 Å². The first kappa shape index (κ1) is 16.9. The van der Waals surface area contributed by atoms with Crippen molar-refractivity contribution in [2.75, 3.05) is 13.1 Å². The minimum Gasteiger partial charge on any atom is -0.292 e. The predicted octanol–water partition coefficient (Wildman–Crippen LogP) is 4.39. The number of Topliss-reactive ketones (excluding diaryl/α,β-unsaturated/α-hetero) is 1. The summed E-state index contributed by atoms with van der Waals surface area (Å²) in [6.07, 6.45) is 1.72. The first-order valence-corrected chi connectivity index (χ1v) is 7.83. The van der Waals surface area contributed by atoms with Gasteiger partial charge >= 0.3 is 0 Å². The smallest absolute Gasteiger partial charge is 0.183 e. The summed E-state index contributed by atoms with van der Waals surface area (Å²) in [6, 6.07) is 6.17. The van der Waals surface area contributed by atoms with Crippen LogP contribution in [0.25, 0.3) is 0 Å². The predicted molar refractivity (Wildman–Crippen MR) is 86.5 cm³/mol. The summed E-state index contributed by atoms with van der Waals surface area (Å²) in [6.45, 7) is 14.5. The van der Waals surface area contributed by atoms with Crippen LogP contribution in [0.4, 0.5) is 0 Å². The molecule has 0 aromatic heterocycles. The zero-order valence-electron chi connectivity index (χ0n) is 13.9. The first-order valence-electron chi connectivity index (χ1n) is 7.83. The molecule has 0 spiro atoms. The number of hydrogen-bond acceptors (Lipinski definition) is 2. The molecular weight excluding hydrogens is 246 g/mol. The van der Waals surface area contributed by atoms with Crippen LogP contribution in [0.1, 0.15) is 62.0 Å². The summed E-state index contributed by atoms with van der Waals surface area (Å²) in [7, 11) is 0. The van der Waals surface area contributed by atoms with E-state index in [4.69, 9.17) is 0 Å². The van der Waals surface area contributed by atoms with Gasteiger partial charge in [0.1, 0.15) is 0 Å². The Kier molecular flexibility index (Phi) is 5.94. The van der Waals surface area contributed by atoms with E-state index in [0.29, 0.717) is 0 Å². The molecule has 0 saturated carbocycles. The molecule has 0 aliphatic rings. The summed E-state index contributed by atoms with van der Waals surface area (Å²) < 4.78 is 0. The maximum atomic E-state index is 13.2. The lowest BCUT2D eigenvalue weighted by atomic mass is 9.81. The van der Waals surface area contributed by atoms with Gasteiger partial charge in [0.25, 0.3) is 0 Å². The Labute approximate surface area is 124 Å². The lowest BCUT2D eigenvalue weighted by Crippen LogP contribution is -2.53.